The molecule has 5 nitrogen and oxygen atoms in total. The summed E-state index contributed by atoms with van der Waals surface area (Å²) in [6, 6.07) is 6.75. The van der Waals surface area contributed by atoms with Crippen molar-refractivity contribution in [1.29, 1.82) is 0 Å². The van der Waals surface area contributed by atoms with E-state index in [0.29, 0.717) is 17.8 Å². The van der Waals surface area contributed by atoms with Crippen LogP contribution in [0.2, 0.25) is 0 Å². The molecule has 3 rings (SSSR count). The Hall–Kier alpha value is -1.91. The zero-order chi connectivity index (χ0) is 14.9. The van der Waals surface area contributed by atoms with Crippen molar-refractivity contribution >= 4 is 6.01 Å². The standard InChI is InChI=1S/C16H22N4O/c1-16(2,3)14-18-19-15(21-14)20-9-7-12(11-20)10-13-6-4-5-8-17-13/h4-6,8,12H,7,9-11H2,1-3H3. The number of rotatable bonds is 3. The Bertz CT molecular complexity index is 588. The molecule has 0 saturated carbocycles. The van der Waals surface area contributed by atoms with Crippen molar-refractivity contribution < 1.29 is 4.42 Å². The highest BCUT2D eigenvalue weighted by atomic mass is 16.4. The minimum atomic E-state index is -0.0989. The van der Waals surface area contributed by atoms with E-state index in [2.05, 4.69) is 46.9 Å². The molecule has 1 saturated heterocycles. The fourth-order valence-corrected chi connectivity index (χ4v) is 2.63. The van der Waals surface area contributed by atoms with Gasteiger partial charge in [-0.2, -0.15) is 0 Å². The average Bonchev–Trinajstić information content (AvgIpc) is 3.07. The lowest BCUT2D eigenvalue weighted by molar-refractivity contribution is 0.393. The fourth-order valence-electron chi connectivity index (χ4n) is 2.63. The van der Waals surface area contributed by atoms with Crippen LogP contribution >= 0.6 is 0 Å². The predicted molar refractivity (Wildman–Crippen MR) is 81.3 cm³/mol. The van der Waals surface area contributed by atoms with E-state index >= 15 is 0 Å². The maximum absolute atomic E-state index is 5.82. The van der Waals surface area contributed by atoms with Gasteiger partial charge in [0.1, 0.15) is 0 Å². The third-order valence-corrected chi connectivity index (χ3v) is 3.84. The molecule has 0 N–H and O–H groups in total. The van der Waals surface area contributed by atoms with Gasteiger partial charge in [-0.15, -0.1) is 5.10 Å². The van der Waals surface area contributed by atoms with Crippen LogP contribution in [0.4, 0.5) is 6.01 Å². The quantitative estimate of drug-likeness (QED) is 0.868. The number of anilines is 1. The number of pyridine rings is 1. The first-order valence-corrected chi connectivity index (χ1v) is 7.51. The summed E-state index contributed by atoms with van der Waals surface area (Å²) in [6.45, 7) is 8.18. The van der Waals surface area contributed by atoms with Gasteiger partial charge < -0.3 is 9.32 Å². The average molecular weight is 286 g/mol. The Morgan fingerprint density at radius 1 is 1.29 bits per heavy atom. The summed E-state index contributed by atoms with van der Waals surface area (Å²) in [5.41, 5.74) is 1.06. The second-order valence-corrected chi connectivity index (χ2v) is 6.77. The highest BCUT2D eigenvalue weighted by molar-refractivity contribution is 5.27. The third kappa shape index (κ3) is 3.23. The van der Waals surface area contributed by atoms with Gasteiger partial charge in [0, 0.05) is 30.4 Å². The molecular formula is C16H22N4O. The molecule has 0 aliphatic carbocycles. The lowest BCUT2D eigenvalue weighted by Crippen LogP contribution is -2.20. The summed E-state index contributed by atoms with van der Waals surface area (Å²) in [5, 5.41) is 8.37. The lowest BCUT2D eigenvalue weighted by atomic mass is 9.97. The van der Waals surface area contributed by atoms with Crippen LogP contribution in [0.15, 0.2) is 28.8 Å². The van der Waals surface area contributed by atoms with Gasteiger partial charge >= 0.3 is 6.01 Å². The molecule has 2 aromatic heterocycles. The largest absolute Gasteiger partial charge is 0.407 e. The Morgan fingerprint density at radius 3 is 2.81 bits per heavy atom. The van der Waals surface area contributed by atoms with Gasteiger partial charge in [0.2, 0.25) is 5.89 Å². The minimum absolute atomic E-state index is 0.0989. The molecule has 0 amide bonds. The molecule has 1 fully saturated rings. The molecule has 1 aliphatic rings. The zero-order valence-electron chi connectivity index (χ0n) is 12.9. The van der Waals surface area contributed by atoms with Crippen LogP contribution in [0.1, 0.15) is 38.8 Å². The van der Waals surface area contributed by atoms with E-state index in [1.165, 1.54) is 0 Å². The summed E-state index contributed by atoms with van der Waals surface area (Å²) in [6.07, 6.45) is 4.01. The van der Waals surface area contributed by atoms with Gasteiger partial charge in [0.15, 0.2) is 0 Å². The molecule has 1 unspecified atom stereocenters. The molecule has 112 valence electrons. The Kier molecular flexibility index (Phi) is 3.66. The molecular weight excluding hydrogens is 264 g/mol. The minimum Gasteiger partial charge on any atom is -0.407 e. The van der Waals surface area contributed by atoms with Crippen molar-refractivity contribution in [3.05, 3.63) is 36.0 Å². The first kappa shape index (κ1) is 14.0. The predicted octanol–water partition coefficient (Wildman–Crippen LogP) is 2.83. The van der Waals surface area contributed by atoms with Gasteiger partial charge in [-0.3, -0.25) is 4.98 Å². The summed E-state index contributed by atoms with van der Waals surface area (Å²) >= 11 is 0. The zero-order valence-corrected chi connectivity index (χ0v) is 12.9. The van der Waals surface area contributed by atoms with E-state index in [4.69, 9.17) is 4.42 Å². The number of nitrogens with zero attached hydrogens (tertiary/aromatic N) is 4. The van der Waals surface area contributed by atoms with Gasteiger partial charge in [0.05, 0.1) is 0 Å². The van der Waals surface area contributed by atoms with Crippen LogP contribution in [-0.4, -0.2) is 28.3 Å². The monoisotopic (exact) mass is 286 g/mol. The summed E-state index contributed by atoms with van der Waals surface area (Å²) in [4.78, 5) is 6.60. The summed E-state index contributed by atoms with van der Waals surface area (Å²) in [5.74, 6) is 1.30. The Morgan fingerprint density at radius 2 is 2.14 bits per heavy atom. The molecule has 3 heterocycles. The van der Waals surface area contributed by atoms with E-state index in [0.717, 1.165) is 31.6 Å². The van der Waals surface area contributed by atoms with Crippen LogP contribution in [0.3, 0.4) is 0 Å². The molecule has 0 spiro atoms. The number of hydrogen-bond acceptors (Lipinski definition) is 5. The third-order valence-electron chi connectivity index (χ3n) is 3.84. The Labute approximate surface area is 125 Å². The first-order valence-electron chi connectivity index (χ1n) is 7.51. The van der Waals surface area contributed by atoms with Gasteiger partial charge in [-0.25, -0.2) is 0 Å². The van der Waals surface area contributed by atoms with E-state index in [9.17, 15) is 0 Å². The van der Waals surface area contributed by atoms with Crippen molar-refractivity contribution in [2.24, 2.45) is 5.92 Å². The van der Waals surface area contributed by atoms with Crippen LogP contribution in [0.25, 0.3) is 0 Å². The lowest BCUT2D eigenvalue weighted by Gasteiger charge is -2.14. The Balaban J connectivity index is 1.63. The summed E-state index contributed by atoms with van der Waals surface area (Å²) in [7, 11) is 0. The SMILES string of the molecule is CC(C)(C)c1nnc(N2CCC(Cc3ccccn3)C2)o1. The van der Waals surface area contributed by atoms with Gasteiger partial charge in [-0.05, 0) is 30.9 Å². The molecule has 0 radical (unpaired) electrons. The molecule has 2 aromatic rings. The normalized spacial score (nSPS) is 19.2. The van der Waals surface area contributed by atoms with E-state index in [-0.39, 0.29) is 5.41 Å². The second-order valence-electron chi connectivity index (χ2n) is 6.77. The molecule has 1 aliphatic heterocycles. The fraction of sp³-hybridized carbons (Fsp3) is 0.562. The van der Waals surface area contributed by atoms with Crippen molar-refractivity contribution in [1.82, 2.24) is 15.2 Å². The highest BCUT2D eigenvalue weighted by Gasteiger charge is 2.28. The van der Waals surface area contributed by atoms with Crippen molar-refractivity contribution in [2.75, 3.05) is 18.0 Å². The smallest absolute Gasteiger partial charge is 0.318 e. The van der Waals surface area contributed by atoms with Crippen LogP contribution < -0.4 is 4.90 Å². The van der Waals surface area contributed by atoms with Crippen LogP contribution in [-0.2, 0) is 11.8 Å². The molecule has 0 aromatic carbocycles. The maximum Gasteiger partial charge on any atom is 0.318 e. The van der Waals surface area contributed by atoms with Crippen LogP contribution in [0.5, 0.6) is 0 Å². The van der Waals surface area contributed by atoms with Crippen molar-refractivity contribution in [3.63, 3.8) is 0 Å². The van der Waals surface area contributed by atoms with Crippen molar-refractivity contribution in [2.45, 2.75) is 39.0 Å². The van der Waals surface area contributed by atoms with E-state index in [1.807, 2.05) is 18.3 Å². The first-order chi connectivity index (χ1) is 10.0. The number of hydrogen-bond donors (Lipinski definition) is 0. The topological polar surface area (TPSA) is 55.1 Å². The summed E-state index contributed by atoms with van der Waals surface area (Å²) < 4.78 is 5.82. The van der Waals surface area contributed by atoms with Crippen LogP contribution in [0, 0.1) is 5.92 Å². The van der Waals surface area contributed by atoms with E-state index in [1.54, 1.807) is 0 Å². The molecule has 5 heteroatoms. The molecule has 21 heavy (non-hydrogen) atoms. The highest BCUT2D eigenvalue weighted by Crippen LogP contribution is 2.28. The second kappa shape index (κ2) is 5.47. The maximum atomic E-state index is 5.82. The van der Waals surface area contributed by atoms with Gasteiger partial charge in [-0.1, -0.05) is 31.9 Å². The van der Waals surface area contributed by atoms with E-state index < -0.39 is 0 Å². The molecule has 1 atom stereocenters. The molecule has 0 bridgehead atoms. The van der Waals surface area contributed by atoms with Crippen molar-refractivity contribution in [3.8, 4) is 0 Å². The van der Waals surface area contributed by atoms with Gasteiger partial charge in [0.25, 0.3) is 0 Å². The number of aromatic nitrogens is 3.